The normalized spacial score (nSPS) is 12.0. The summed E-state index contributed by atoms with van der Waals surface area (Å²) in [6.07, 6.45) is 0. The molecule has 1 atom stereocenters. The minimum atomic E-state index is -0.109. The Balaban J connectivity index is 2.44. The van der Waals surface area contributed by atoms with Crippen molar-refractivity contribution in [1.82, 2.24) is 4.90 Å². The molecule has 2 aromatic carbocycles. The topological polar surface area (TPSA) is 52.7 Å². The number of hydrogen-bond acceptors (Lipinski definition) is 3. The number of anilines is 2. The van der Waals surface area contributed by atoms with E-state index in [1.54, 1.807) is 0 Å². The maximum Gasteiger partial charge on any atom is 0.226 e. The van der Waals surface area contributed by atoms with Crippen LogP contribution in [0.25, 0.3) is 0 Å². The monoisotopic (exact) mass is 409 g/mol. The molecule has 5 heteroatoms. The molecule has 0 aliphatic rings. The molecule has 0 aliphatic carbocycles. The zero-order chi connectivity index (χ0) is 22.4. The van der Waals surface area contributed by atoms with Crippen molar-refractivity contribution in [3.63, 3.8) is 0 Å². The highest BCUT2D eigenvalue weighted by Crippen LogP contribution is 2.29. The lowest BCUT2D eigenvalue weighted by molar-refractivity contribution is -0.137. The predicted molar refractivity (Wildman–Crippen MR) is 124 cm³/mol. The number of hydrogen-bond donors (Lipinski definition) is 1. The summed E-state index contributed by atoms with van der Waals surface area (Å²) in [5.41, 5.74) is 3.87. The third-order valence-electron chi connectivity index (χ3n) is 5.22. The lowest BCUT2D eigenvalue weighted by Gasteiger charge is -2.33. The Morgan fingerprint density at radius 3 is 2.07 bits per heavy atom. The summed E-state index contributed by atoms with van der Waals surface area (Å²) >= 11 is 0. The van der Waals surface area contributed by atoms with Crippen LogP contribution in [-0.4, -0.2) is 30.8 Å². The SMILES string of the molecule is CC(C)C(=O)Nc1ccc(N(C)C)c(CN(C(=O)C(C)C)[C@@H](C)c2ccccc2)c1. The van der Waals surface area contributed by atoms with Crippen LogP contribution in [0.15, 0.2) is 48.5 Å². The minimum Gasteiger partial charge on any atom is -0.377 e. The van der Waals surface area contributed by atoms with Gasteiger partial charge in [-0.25, -0.2) is 0 Å². The van der Waals surface area contributed by atoms with Crippen LogP contribution in [0.3, 0.4) is 0 Å². The van der Waals surface area contributed by atoms with Gasteiger partial charge >= 0.3 is 0 Å². The number of rotatable bonds is 8. The molecule has 0 saturated carbocycles. The third kappa shape index (κ3) is 5.85. The molecule has 0 spiro atoms. The van der Waals surface area contributed by atoms with E-state index < -0.39 is 0 Å². The molecule has 0 aliphatic heterocycles. The Morgan fingerprint density at radius 1 is 0.900 bits per heavy atom. The van der Waals surface area contributed by atoms with E-state index in [1.165, 1.54) is 0 Å². The molecule has 5 nitrogen and oxygen atoms in total. The van der Waals surface area contributed by atoms with Gasteiger partial charge in [-0.05, 0) is 36.2 Å². The number of nitrogens with one attached hydrogen (secondary N) is 1. The molecular weight excluding hydrogens is 374 g/mol. The Bertz CT molecular complexity index is 860. The van der Waals surface area contributed by atoms with Gasteiger partial charge in [0.15, 0.2) is 0 Å². The van der Waals surface area contributed by atoms with Gasteiger partial charge in [0.05, 0.1) is 6.04 Å². The van der Waals surface area contributed by atoms with Gasteiger partial charge in [0, 0.05) is 43.9 Å². The highest BCUT2D eigenvalue weighted by Gasteiger charge is 2.25. The van der Waals surface area contributed by atoms with E-state index in [2.05, 4.69) is 24.4 Å². The smallest absolute Gasteiger partial charge is 0.226 e. The van der Waals surface area contributed by atoms with Crippen LogP contribution < -0.4 is 10.2 Å². The van der Waals surface area contributed by atoms with Crippen LogP contribution in [0.4, 0.5) is 11.4 Å². The highest BCUT2D eigenvalue weighted by atomic mass is 16.2. The first kappa shape index (κ1) is 23.5. The number of carbonyl (C=O) groups is 2. The number of nitrogens with zero attached hydrogens (tertiary/aromatic N) is 2. The van der Waals surface area contributed by atoms with Crippen molar-refractivity contribution in [3.8, 4) is 0 Å². The average molecular weight is 410 g/mol. The van der Waals surface area contributed by atoms with Crippen LogP contribution >= 0.6 is 0 Å². The molecular formula is C25H35N3O2. The van der Waals surface area contributed by atoms with E-state index in [0.717, 1.165) is 22.5 Å². The Hall–Kier alpha value is -2.82. The minimum absolute atomic E-state index is 0.0219. The number of amides is 2. The fourth-order valence-electron chi connectivity index (χ4n) is 3.35. The number of benzene rings is 2. The van der Waals surface area contributed by atoms with E-state index >= 15 is 0 Å². The summed E-state index contributed by atoms with van der Waals surface area (Å²) < 4.78 is 0. The molecule has 2 aromatic rings. The average Bonchev–Trinajstić information content (AvgIpc) is 2.71. The van der Waals surface area contributed by atoms with Gasteiger partial charge in [-0.1, -0.05) is 58.0 Å². The molecule has 0 fully saturated rings. The maximum atomic E-state index is 13.1. The Kier molecular flexibility index (Phi) is 8.04. The van der Waals surface area contributed by atoms with Crippen molar-refractivity contribution in [2.75, 3.05) is 24.3 Å². The molecule has 0 aromatic heterocycles. The molecule has 0 bridgehead atoms. The summed E-state index contributed by atoms with van der Waals surface area (Å²) in [6, 6.07) is 15.9. The highest BCUT2D eigenvalue weighted by molar-refractivity contribution is 5.92. The van der Waals surface area contributed by atoms with Gasteiger partial charge in [0.2, 0.25) is 11.8 Å². The van der Waals surface area contributed by atoms with Crippen LogP contribution in [0, 0.1) is 11.8 Å². The van der Waals surface area contributed by atoms with Crippen molar-refractivity contribution in [1.29, 1.82) is 0 Å². The molecule has 162 valence electrons. The van der Waals surface area contributed by atoms with Crippen molar-refractivity contribution < 1.29 is 9.59 Å². The van der Waals surface area contributed by atoms with Gasteiger partial charge in [-0.3, -0.25) is 9.59 Å². The maximum absolute atomic E-state index is 13.1. The Labute approximate surface area is 181 Å². The third-order valence-corrected chi connectivity index (χ3v) is 5.22. The first-order chi connectivity index (χ1) is 14.1. The molecule has 30 heavy (non-hydrogen) atoms. The van der Waals surface area contributed by atoms with Gasteiger partial charge in [0.25, 0.3) is 0 Å². The largest absolute Gasteiger partial charge is 0.377 e. The van der Waals surface area contributed by atoms with Crippen molar-refractivity contribution >= 4 is 23.2 Å². The van der Waals surface area contributed by atoms with Gasteiger partial charge < -0.3 is 15.1 Å². The first-order valence-corrected chi connectivity index (χ1v) is 10.6. The second-order valence-electron chi connectivity index (χ2n) is 8.59. The van der Waals surface area contributed by atoms with E-state index in [9.17, 15) is 9.59 Å². The molecule has 0 heterocycles. The van der Waals surface area contributed by atoms with Gasteiger partial charge in [0.1, 0.15) is 0 Å². The van der Waals surface area contributed by atoms with Gasteiger partial charge in [-0.2, -0.15) is 0 Å². The molecule has 0 saturated heterocycles. The molecule has 2 rings (SSSR count). The summed E-state index contributed by atoms with van der Waals surface area (Å²) in [7, 11) is 3.97. The van der Waals surface area contributed by atoms with E-state index in [-0.39, 0.29) is 29.7 Å². The van der Waals surface area contributed by atoms with Crippen LogP contribution in [0.2, 0.25) is 0 Å². The van der Waals surface area contributed by atoms with Gasteiger partial charge in [-0.15, -0.1) is 0 Å². The zero-order valence-corrected chi connectivity index (χ0v) is 19.3. The standard InChI is InChI=1S/C25H35N3O2/c1-17(2)24(29)26-22-13-14-23(27(6)7)21(15-22)16-28(25(30)18(3)4)19(5)20-11-9-8-10-12-20/h8-15,17-19H,16H2,1-7H3,(H,26,29)/t19-/m0/s1. The van der Waals surface area contributed by atoms with Crippen LogP contribution in [0.1, 0.15) is 51.8 Å². The molecule has 1 N–H and O–H groups in total. The quantitative estimate of drug-likeness (QED) is 0.660. The summed E-state index contributed by atoms with van der Waals surface area (Å²) in [5.74, 6) is -0.124. The predicted octanol–water partition coefficient (Wildman–Crippen LogP) is 5.09. The number of carbonyl (C=O) groups excluding carboxylic acids is 2. The van der Waals surface area contributed by atoms with Crippen molar-refractivity contribution in [3.05, 3.63) is 59.7 Å². The Morgan fingerprint density at radius 2 is 1.53 bits per heavy atom. The second kappa shape index (κ2) is 10.3. The zero-order valence-electron chi connectivity index (χ0n) is 19.3. The summed E-state index contributed by atoms with van der Waals surface area (Å²) in [4.78, 5) is 29.3. The summed E-state index contributed by atoms with van der Waals surface area (Å²) in [6.45, 7) is 10.1. The lowest BCUT2D eigenvalue weighted by atomic mass is 10.0. The molecule has 0 unspecified atom stereocenters. The molecule has 2 amide bonds. The lowest BCUT2D eigenvalue weighted by Crippen LogP contribution is -2.36. The first-order valence-electron chi connectivity index (χ1n) is 10.6. The van der Waals surface area contributed by atoms with Crippen LogP contribution in [0.5, 0.6) is 0 Å². The van der Waals surface area contributed by atoms with E-state index in [1.807, 2.05) is 88.0 Å². The van der Waals surface area contributed by atoms with Crippen molar-refractivity contribution in [2.24, 2.45) is 11.8 Å². The van der Waals surface area contributed by atoms with E-state index in [0.29, 0.717) is 6.54 Å². The second-order valence-corrected chi connectivity index (χ2v) is 8.59. The fraction of sp³-hybridized carbons (Fsp3) is 0.440. The fourth-order valence-corrected chi connectivity index (χ4v) is 3.35. The molecule has 0 radical (unpaired) electrons. The van der Waals surface area contributed by atoms with Crippen molar-refractivity contribution in [2.45, 2.75) is 47.2 Å². The van der Waals surface area contributed by atoms with Crippen LogP contribution in [-0.2, 0) is 16.1 Å². The van der Waals surface area contributed by atoms with E-state index in [4.69, 9.17) is 0 Å². The summed E-state index contributed by atoms with van der Waals surface area (Å²) in [5, 5.41) is 2.97.